The minimum absolute atomic E-state index is 0.0452. The van der Waals surface area contributed by atoms with Crippen molar-refractivity contribution >= 4 is 46.0 Å². The molecule has 6 heteroatoms. The van der Waals surface area contributed by atoms with E-state index >= 15 is 0 Å². The lowest BCUT2D eigenvalue weighted by Crippen LogP contribution is -2.39. The second-order valence-corrected chi connectivity index (χ2v) is 7.02. The topological polar surface area (TPSA) is 32.8 Å². The first-order valence-electron chi connectivity index (χ1n) is 6.97. The summed E-state index contributed by atoms with van der Waals surface area (Å²) in [7, 11) is 5.62. The van der Waals surface area contributed by atoms with Crippen LogP contribution in [-0.2, 0) is 9.53 Å². The number of anilines is 1. The fourth-order valence-corrected chi connectivity index (χ4v) is 3.66. The molecule has 1 heterocycles. The zero-order chi connectivity index (χ0) is 16.3. The van der Waals surface area contributed by atoms with Gasteiger partial charge in [-0.3, -0.25) is 9.69 Å². The number of thioether (sulfide) groups is 1. The largest absolute Gasteiger partial charge is 0.383 e. The molecule has 0 aromatic heterocycles. The average molecular weight is 336 g/mol. The standard InChI is InChI=1S/C16H20N2O2S2/c1-11(10-20-4)18-15(19)14(22-16(18)21)9-12-5-7-13(8-6-12)17(2)3/h5-9,11H,10H2,1-4H3. The summed E-state index contributed by atoms with van der Waals surface area (Å²) in [6.07, 6.45) is 1.89. The molecule has 0 N–H and O–H groups in total. The highest BCUT2D eigenvalue weighted by Gasteiger charge is 2.35. The summed E-state index contributed by atoms with van der Waals surface area (Å²) in [4.78, 5) is 16.8. The van der Waals surface area contributed by atoms with Crippen LogP contribution in [-0.4, -0.2) is 49.0 Å². The monoisotopic (exact) mass is 336 g/mol. The summed E-state index contributed by atoms with van der Waals surface area (Å²) in [5.74, 6) is -0.0452. The first-order valence-corrected chi connectivity index (χ1v) is 8.20. The van der Waals surface area contributed by atoms with E-state index in [1.807, 2.05) is 56.3 Å². The maximum Gasteiger partial charge on any atom is 0.266 e. The molecule has 118 valence electrons. The summed E-state index contributed by atoms with van der Waals surface area (Å²) in [6.45, 7) is 2.40. The molecule has 0 aliphatic carbocycles. The van der Waals surface area contributed by atoms with E-state index in [9.17, 15) is 4.79 Å². The van der Waals surface area contributed by atoms with Crippen LogP contribution >= 0.6 is 24.0 Å². The Kier molecular flexibility index (Phi) is 5.61. The fraction of sp³-hybridized carbons (Fsp3) is 0.375. The van der Waals surface area contributed by atoms with Crippen molar-refractivity contribution in [1.29, 1.82) is 0 Å². The molecule has 1 unspecified atom stereocenters. The molecule has 1 fully saturated rings. The number of rotatable bonds is 5. The van der Waals surface area contributed by atoms with Gasteiger partial charge in [0.1, 0.15) is 4.32 Å². The Morgan fingerprint density at radius 1 is 1.36 bits per heavy atom. The molecule has 0 bridgehead atoms. The van der Waals surface area contributed by atoms with E-state index in [4.69, 9.17) is 17.0 Å². The summed E-state index contributed by atoms with van der Waals surface area (Å²) >= 11 is 6.67. The Hall–Kier alpha value is -1.37. The molecule has 0 saturated carbocycles. The second-order valence-electron chi connectivity index (χ2n) is 5.34. The normalized spacial score (nSPS) is 18.2. The average Bonchev–Trinajstić information content (AvgIpc) is 2.74. The number of thiocarbonyl (C=S) groups is 1. The molecular weight excluding hydrogens is 316 g/mol. The van der Waals surface area contributed by atoms with Crippen molar-refractivity contribution in [1.82, 2.24) is 4.90 Å². The first kappa shape index (κ1) is 17.0. The predicted molar refractivity (Wildman–Crippen MR) is 97.1 cm³/mol. The lowest BCUT2D eigenvalue weighted by atomic mass is 10.2. The van der Waals surface area contributed by atoms with Crippen LogP contribution in [0.4, 0.5) is 5.69 Å². The van der Waals surface area contributed by atoms with Crippen molar-refractivity contribution in [3.05, 3.63) is 34.7 Å². The molecule has 22 heavy (non-hydrogen) atoms. The van der Waals surface area contributed by atoms with Crippen molar-refractivity contribution < 1.29 is 9.53 Å². The van der Waals surface area contributed by atoms with E-state index in [-0.39, 0.29) is 11.9 Å². The molecule has 1 aliphatic heterocycles. The van der Waals surface area contributed by atoms with Gasteiger partial charge in [-0.1, -0.05) is 36.1 Å². The summed E-state index contributed by atoms with van der Waals surface area (Å²) < 4.78 is 5.70. The van der Waals surface area contributed by atoms with Crippen LogP contribution in [0, 0.1) is 0 Å². The Bertz CT molecular complexity index is 597. The lowest BCUT2D eigenvalue weighted by Gasteiger charge is -2.22. The number of methoxy groups -OCH3 is 1. The molecule has 0 radical (unpaired) electrons. The van der Waals surface area contributed by atoms with Gasteiger partial charge < -0.3 is 9.64 Å². The molecule has 2 rings (SSSR count). The van der Waals surface area contributed by atoms with Crippen molar-refractivity contribution in [2.45, 2.75) is 13.0 Å². The van der Waals surface area contributed by atoms with Crippen LogP contribution in [0.1, 0.15) is 12.5 Å². The van der Waals surface area contributed by atoms with E-state index in [1.54, 1.807) is 12.0 Å². The quantitative estimate of drug-likeness (QED) is 0.610. The van der Waals surface area contributed by atoms with Gasteiger partial charge >= 0.3 is 0 Å². The molecule has 1 aromatic carbocycles. The third-order valence-corrected chi connectivity index (χ3v) is 4.71. The maximum absolute atomic E-state index is 12.5. The highest BCUT2D eigenvalue weighted by Crippen LogP contribution is 2.34. The van der Waals surface area contributed by atoms with Crippen LogP contribution in [0.15, 0.2) is 29.2 Å². The Balaban J connectivity index is 2.19. The summed E-state index contributed by atoms with van der Waals surface area (Å²) in [5.41, 5.74) is 2.11. The molecule has 1 amide bonds. The lowest BCUT2D eigenvalue weighted by molar-refractivity contribution is -0.124. The smallest absolute Gasteiger partial charge is 0.266 e. The van der Waals surface area contributed by atoms with Gasteiger partial charge in [0.05, 0.1) is 17.6 Å². The fourth-order valence-electron chi connectivity index (χ4n) is 2.20. The van der Waals surface area contributed by atoms with Crippen LogP contribution in [0.2, 0.25) is 0 Å². The van der Waals surface area contributed by atoms with Crippen LogP contribution < -0.4 is 4.90 Å². The number of amides is 1. The van der Waals surface area contributed by atoms with Gasteiger partial charge in [0.25, 0.3) is 5.91 Å². The van der Waals surface area contributed by atoms with E-state index in [0.29, 0.717) is 15.8 Å². The van der Waals surface area contributed by atoms with E-state index in [1.165, 1.54) is 11.8 Å². The van der Waals surface area contributed by atoms with Gasteiger partial charge in [0.15, 0.2) is 0 Å². The van der Waals surface area contributed by atoms with Crippen molar-refractivity contribution in [3.63, 3.8) is 0 Å². The third kappa shape index (κ3) is 3.69. The number of hydrogen-bond acceptors (Lipinski definition) is 5. The van der Waals surface area contributed by atoms with Crippen molar-refractivity contribution in [3.8, 4) is 0 Å². The summed E-state index contributed by atoms with van der Waals surface area (Å²) in [6, 6.07) is 8.00. The number of nitrogens with zero attached hydrogens (tertiary/aromatic N) is 2. The van der Waals surface area contributed by atoms with E-state index < -0.39 is 0 Å². The molecule has 1 aromatic rings. The molecular formula is C16H20N2O2S2. The van der Waals surface area contributed by atoms with Crippen LogP contribution in [0.5, 0.6) is 0 Å². The summed E-state index contributed by atoms with van der Waals surface area (Å²) in [5, 5.41) is 0. The van der Waals surface area contributed by atoms with Gasteiger partial charge in [-0.2, -0.15) is 0 Å². The number of carbonyl (C=O) groups excluding carboxylic acids is 1. The van der Waals surface area contributed by atoms with Gasteiger partial charge in [0, 0.05) is 26.9 Å². The second kappa shape index (κ2) is 7.26. The predicted octanol–water partition coefficient (Wildman–Crippen LogP) is 2.99. The van der Waals surface area contributed by atoms with Gasteiger partial charge in [0.2, 0.25) is 0 Å². The van der Waals surface area contributed by atoms with Gasteiger partial charge in [-0.05, 0) is 30.7 Å². The number of carbonyl (C=O) groups is 1. The number of benzene rings is 1. The number of hydrogen-bond donors (Lipinski definition) is 0. The zero-order valence-electron chi connectivity index (χ0n) is 13.2. The zero-order valence-corrected chi connectivity index (χ0v) is 14.8. The van der Waals surface area contributed by atoms with Crippen LogP contribution in [0.25, 0.3) is 6.08 Å². The van der Waals surface area contributed by atoms with Crippen LogP contribution in [0.3, 0.4) is 0 Å². The Morgan fingerprint density at radius 3 is 2.55 bits per heavy atom. The molecule has 1 saturated heterocycles. The Labute approximate surface area is 141 Å². The van der Waals surface area contributed by atoms with E-state index in [2.05, 4.69) is 0 Å². The van der Waals surface area contributed by atoms with E-state index in [0.717, 1.165) is 11.3 Å². The van der Waals surface area contributed by atoms with Crippen molar-refractivity contribution in [2.24, 2.45) is 0 Å². The highest BCUT2D eigenvalue weighted by molar-refractivity contribution is 8.26. The highest BCUT2D eigenvalue weighted by atomic mass is 32.2. The third-order valence-electron chi connectivity index (χ3n) is 3.38. The molecule has 4 nitrogen and oxygen atoms in total. The minimum atomic E-state index is -0.0560. The molecule has 1 aliphatic rings. The van der Waals surface area contributed by atoms with Crippen molar-refractivity contribution in [2.75, 3.05) is 32.7 Å². The SMILES string of the molecule is COCC(C)N1C(=O)C(=Cc2ccc(N(C)C)cc2)SC1=S. The minimum Gasteiger partial charge on any atom is -0.383 e. The number of ether oxygens (including phenoxy) is 1. The maximum atomic E-state index is 12.5. The molecule has 0 spiro atoms. The van der Waals surface area contributed by atoms with Gasteiger partial charge in [-0.25, -0.2) is 0 Å². The first-order chi connectivity index (χ1) is 10.4. The Morgan fingerprint density at radius 2 is 2.00 bits per heavy atom. The molecule has 1 atom stereocenters. The van der Waals surface area contributed by atoms with Gasteiger partial charge in [-0.15, -0.1) is 0 Å².